The molecule has 7 atom stereocenters. The second-order valence-electron chi connectivity index (χ2n) is 7.70. The predicted octanol–water partition coefficient (Wildman–Crippen LogP) is 3.96. The van der Waals surface area contributed by atoms with Crippen molar-refractivity contribution in [3.63, 3.8) is 0 Å². The van der Waals surface area contributed by atoms with E-state index in [2.05, 4.69) is 27.7 Å². The van der Waals surface area contributed by atoms with E-state index in [9.17, 15) is 0 Å². The molecular formula is C15H24. The molecular weight excluding hydrogens is 180 g/mol. The van der Waals surface area contributed by atoms with E-state index in [0.717, 1.165) is 46.3 Å². The van der Waals surface area contributed by atoms with Gasteiger partial charge in [-0.2, -0.15) is 0 Å². The molecule has 0 nitrogen and oxygen atoms in total. The first-order valence-electron chi connectivity index (χ1n) is 7.02. The van der Waals surface area contributed by atoms with Crippen LogP contribution in [0.25, 0.3) is 0 Å². The lowest BCUT2D eigenvalue weighted by atomic mass is 9.61. The van der Waals surface area contributed by atoms with Gasteiger partial charge in [0.15, 0.2) is 0 Å². The molecule has 0 radical (unpaired) electrons. The summed E-state index contributed by atoms with van der Waals surface area (Å²) in [7, 11) is 0. The van der Waals surface area contributed by atoms with Gasteiger partial charge in [0.25, 0.3) is 0 Å². The molecule has 5 fully saturated rings. The van der Waals surface area contributed by atoms with E-state index in [0.29, 0.717) is 0 Å². The van der Waals surface area contributed by atoms with E-state index in [1.54, 1.807) is 12.8 Å². The lowest BCUT2D eigenvalue weighted by Crippen LogP contribution is -2.37. The van der Waals surface area contributed by atoms with Crippen LogP contribution in [0.5, 0.6) is 0 Å². The van der Waals surface area contributed by atoms with Gasteiger partial charge in [-0.15, -0.1) is 0 Å². The summed E-state index contributed by atoms with van der Waals surface area (Å²) in [5.74, 6) is 6.57. The fourth-order valence-electron chi connectivity index (χ4n) is 6.72. The zero-order valence-electron chi connectivity index (χ0n) is 10.6. The summed E-state index contributed by atoms with van der Waals surface area (Å²) in [5.41, 5.74) is 1.56. The van der Waals surface area contributed by atoms with Gasteiger partial charge in [0.1, 0.15) is 0 Å². The van der Waals surface area contributed by atoms with Gasteiger partial charge in [-0.25, -0.2) is 0 Å². The second-order valence-corrected chi connectivity index (χ2v) is 7.70. The normalized spacial score (nSPS) is 69.0. The summed E-state index contributed by atoms with van der Waals surface area (Å²) >= 11 is 0. The Morgan fingerprint density at radius 1 is 1.13 bits per heavy atom. The molecule has 0 N–H and O–H groups in total. The van der Waals surface area contributed by atoms with Crippen molar-refractivity contribution in [2.75, 3.05) is 0 Å². The fraction of sp³-hybridized carbons (Fsp3) is 1.00. The van der Waals surface area contributed by atoms with Crippen molar-refractivity contribution >= 4 is 0 Å². The minimum Gasteiger partial charge on any atom is -0.0625 e. The summed E-state index contributed by atoms with van der Waals surface area (Å²) in [6.07, 6.45) is 4.68. The van der Waals surface area contributed by atoms with Crippen LogP contribution in [0.1, 0.15) is 47.0 Å². The minimum atomic E-state index is 0.762. The number of hydrogen-bond acceptors (Lipinski definition) is 0. The highest BCUT2D eigenvalue weighted by molar-refractivity contribution is 5.33. The predicted molar refractivity (Wildman–Crippen MR) is 62.4 cm³/mol. The maximum absolute atomic E-state index is 2.63. The van der Waals surface area contributed by atoms with Crippen LogP contribution >= 0.6 is 0 Å². The molecule has 0 aromatic heterocycles. The van der Waals surface area contributed by atoms with Crippen molar-refractivity contribution in [2.45, 2.75) is 47.0 Å². The Morgan fingerprint density at radius 2 is 1.87 bits per heavy atom. The molecule has 0 amide bonds. The van der Waals surface area contributed by atoms with Crippen LogP contribution in [0.3, 0.4) is 0 Å². The molecule has 5 saturated carbocycles. The van der Waals surface area contributed by atoms with Crippen LogP contribution in [-0.4, -0.2) is 0 Å². The third-order valence-electron chi connectivity index (χ3n) is 7.57. The van der Waals surface area contributed by atoms with Crippen LogP contribution in [0.15, 0.2) is 0 Å². The zero-order valence-corrected chi connectivity index (χ0v) is 10.6. The molecule has 0 spiro atoms. The lowest BCUT2D eigenvalue weighted by Gasteiger charge is -2.44. The monoisotopic (exact) mass is 204 g/mol. The van der Waals surface area contributed by atoms with E-state index >= 15 is 0 Å². The zero-order chi connectivity index (χ0) is 10.6. The third kappa shape index (κ3) is 0.666. The first kappa shape index (κ1) is 9.07. The van der Waals surface area contributed by atoms with Crippen molar-refractivity contribution in [2.24, 2.45) is 46.3 Å². The topological polar surface area (TPSA) is 0 Å². The molecule has 6 bridgehead atoms. The van der Waals surface area contributed by atoms with Crippen LogP contribution in [0, 0.1) is 46.3 Å². The Bertz CT molecular complexity index is 329. The molecule has 0 aromatic rings. The van der Waals surface area contributed by atoms with Crippen LogP contribution in [0.2, 0.25) is 0 Å². The summed E-state index contributed by atoms with van der Waals surface area (Å²) < 4.78 is 0. The smallest absolute Gasteiger partial charge is 0.0204 e. The number of rotatable bonds is 1. The van der Waals surface area contributed by atoms with Gasteiger partial charge < -0.3 is 0 Å². The maximum atomic E-state index is 2.63. The van der Waals surface area contributed by atoms with Gasteiger partial charge in [-0.1, -0.05) is 27.7 Å². The van der Waals surface area contributed by atoms with Gasteiger partial charge in [-0.05, 0) is 65.6 Å². The Morgan fingerprint density at radius 3 is 2.47 bits per heavy atom. The van der Waals surface area contributed by atoms with E-state index in [-0.39, 0.29) is 0 Å². The van der Waals surface area contributed by atoms with E-state index in [1.165, 1.54) is 6.42 Å². The van der Waals surface area contributed by atoms with Gasteiger partial charge in [0.05, 0.1) is 0 Å². The highest BCUT2D eigenvalue weighted by atomic mass is 14.9. The van der Waals surface area contributed by atoms with Crippen LogP contribution in [0.4, 0.5) is 0 Å². The summed E-state index contributed by atoms with van der Waals surface area (Å²) in [4.78, 5) is 0. The molecule has 0 heterocycles. The summed E-state index contributed by atoms with van der Waals surface area (Å²) in [6, 6.07) is 0. The largest absolute Gasteiger partial charge is 0.0625 e. The Balaban J connectivity index is 1.80. The molecule has 0 saturated heterocycles. The molecule has 5 rings (SSSR count). The van der Waals surface area contributed by atoms with Crippen LogP contribution < -0.4 is 0 Å². The molecule has 84 valence electrons. The molecule has 0 heteroatoms. The number of hydrogen-bond donors (Lipinski definition) is 0. The molecule has 15 heavy (non-hydrogen) atoms. The quantitative estimate of drug-likeness (QED) is 0.606. The van der Waals surface area contributed by atoms with Crippen molar-refractivity contribution in [1.82, 2.24) is 0 Å². The minimum absolute atomic E-state index is 0.762. The molecule has 0 aliphatic heterocycles. The van der Waals surface area contributed by atoms with Gasteiger partial charge >= 0.3 is 0 Å². The van der Waals surface area contributed by atoms with E-state index in [1.807, 2.05) is 0 Å². The Hall–Kier alpha value is 0. The first-order chi connectivity index (χ1) is 7.02. The highest BCUT2D eigenvalue weighted by Crippen LogP contribution is 2.91. The summed E-state index contributed by atoms with van der Waals surface area (Å²) in [6.45, 7) is 10.2. The van der Waals surface area contributed by atoms with E-state index in [4.69, 9.17) is 0 Å². The van der Waals surface area contributed by atoms with Gasteiger partial charge in [-0.3, -0.25) is 0 Å². The van der Waals surface area contributed by atoms with E-state index < -0.39 is 0 Å². The Labute approximate surface area is 93.8 Å². The maximum Gasteiger partial charge on any atom is -0.0204 e. The molecule has 0 unspecified atom stereocenters. The van der Waals surface area contributed by atoms with Gasteiger partial charge in [0, 0.05) is 0 Å². The average molecular weight is 204 g/mol. The first-order valence-corrected chi connectivity index (χ1v) is 7.02. The highest BCUT2D eigenvalue weighted by Gasteiger charge is 2.86. The fourth-order valence-corrected chi connectivity index (χ4v) is 6.72. The standard InChI is InChI=1S/C15H24/c1-8(2)9-5-6-14(3)10-7-11-13(12(9)10)15(11,14)4/h8-13H,5-7H2,1-4H3/t9-,10+,11+,12+,13-,14-,15-/m0/s1. The van der Waals surface area contributed by atoms with Crippen LogP contribution in [-0.2, 0) is 0 Å². The van der Waals surface area contributed by atoms with Crippen molar-refractivity contribution in [3.8, 4) is 0 Å². The SMILES string of the molecule is CC(C)[C@@H]1CC[C@@]2(C)[C@@H]3C[C@@H]4[C@@H]([C@@H]31)[C@]42C. The van der Waals surface area contributed by atoms with Crippen molar-refractivity contribution in [3.05, 3.63) is 0 Å². The Kier molecular flexibility index (Phi) is 1.31. The molecule has 5 aliphatic rings. The average Bonchev–Trinajstić information content (AvgIpc) is 2.49. The van der Waals surface area contributed by atoms with Crippen molar-refractivity contribution in [1.29, 1.82) is 0 Å². The molecule has 5 aliphatic carbocycles. The van der Waals surface area contributed by atoms with Gasteiger partial charge in [0.2, 0.25) is 0 Å². The second kappa shape index (κ2) is 2.17. The lowest BCUT2D eigenvalue weighted by molar-refractivity contribution is 0.0483. The summed E-state index contributed by atoms with van der Waals surface area (Å²) in [5, 5.41) is 0. The third-order valence-corrected chi connectivity index (χ3v) is 7.57. The molecule has 0 aromatic carbocycles. The van der Waals surface area contributed by atoms with Crippen molar-refractivity contribution < 1.29 is 0 Å².